The summed E-state index contributed by atoms with van der Waals surface area (Å²) in [6, 6.07) is 15.6. The molecule has 0 aliphatic carbocycles. The van der Waals surface area contributed by atoms with Gasteiger partial charge in [-0.2, -0.15) is 0 Å². The maximum absolute atomic E-state index is 5.91. The minimum atomic E-state index is 0. The first kappa shape index (κ1) is 17.4. The molecule has 3 rings (SSSR count). The summed E-state index contributed by atoms with van der Waals surface area (Å²) >= 11 is 0. The molecule has 6 heteroatoms. The van der Waals surface area contributed by atoms with Crippen molar-refractivity contribution >= 4 is 35.6 Å². The van der Waals surface area contributed by atoms with Gasteiger partial charge in [0, 0.05) is 12.1 Å². The van der Waals surface area contributed by atoms with Crippen molar-refractivity contribution in [3.63, 3.8) is 0 Å². The lowest BCUT2D eigenvalue weighted by Gasteiger charge is -2.10. The van der Waals surface area contributed by atoms with E-state index in [0.717, 1.165) is 23.6 Å². The van der Waals surface area contributed by atoms with Gasteiger partial charge < -0.3 is 20.5 Å². The molecule has 1 heterocycles. The van der Waals surface area contributed by atoms with Crippen molar-refractivity contribution in [3.05, 3.63) is 54.1 Å². The summed E-state index contributed by atoms with van der Waals surface area (Å²) < 4.78 is 10.9. The van der Waals surface area contributed by atoms with Crippen molar-refractivity contribution in [3.8, 4) is 11.5 Å². The van der Waals surface area contributed by atoms with Crippen molar-refractivity contribution in [2.75, 3.05) is 19.0 Å². The fraction of sp³-hybridized carbons (Fsp3) is 0.235. The van der Waals surface area contributed by atoms with Crippen LogP contribution < -0.4 is 20.5 Å². The molecule has 0 saturated heterocycles. The highest BCUT2D eigenvalue weighted by Gasteiger charge is 2.21. The highest BCUT2D eigenvalue weighted by Crippen LogP contribution is 2.28. The zero-order valence-corrected chi connectivity index (χ0v) is 15.2. The summed E-state index contributed by atoms with van der Waals surface area (Å²) in [5.41, 5.74) is 8.01. The first-order valence-corrected chi connectivity index (χ1v) is 7.20. The van der Waals surface area contributed by atoms with Gasteiger partial charge in [-0.15, -0.1) is 24.0 Å². The maximum atomic E-state index is 5.91. The third-order valence-corrected chi connectivity index (χ3v) is 3.54. The second kappa shape index (κ2) is 8.05. The molecule has 0 spiro atoms. The van der Waals surface area contributed by atoms with E-state index < -0.39 is 0 Å². The molecule has 1 unspecified atom stereocenters. The van der Waals surface area contributed by atoms with Crippen LogP contribution in [0.3, 0.4) is 0 Å². The molecule has 1 aliphatic heterocycles. The van der Waals surface area contributed by atoms with Crippen LogP contribution in [0.2, 0.25) is 0 Å². The number of methoxy groups -OCH3 is 1. The number of hydrogen-bond acceptors (Lipinski definition) is 3. The van der Waals surface area contributed by atoms with E-state index in [2.05, 4.69) is 16.4 Å². The molecule has 0 amide bonds. The standard InChI is InChI=1S/C17H19N3O2.HI/c1-21-14-8-6-13(7-9-14)20-17(18)19-11-15-10-12-4-2-3-5-16(12)22-15;/h2-9,15H,10-11H2,1H3,(H3,18,19,20);1H. The Hall–Kier alpha value is -1.96. The van der Waals surface area contributed by atoms with Crippen molar-refractivity contribution in [1.82, 2.24) is 0 Å². The highest BCUT2D eigenvalue weighted by molar-refractivity contribution is 14.0. The number of para-hydroxylation sites is 1. The SMILES string of the molecule is COc1ccc(NC(N)=NCC2Cc3ccccc3O2)cc1.I. The molecule has 0 aromatic heterocycles. The van der Waals surface area contributed by atoms with E-state index in [1.54, 1.807) is 7.11 Å². The van der Waals surface area contributed by atoms with Crippen molar-refractivity contribution in [2.45, 2.75) is 12.5 Å². The molecular formula is C17H20IN3O2. The minimum absolute atomic E-state index is 0. The topological polar surface area (TPSA) is 68.9 Å². The van der Waals surface area contributed by atoms with Crippen LogP contribution in [0.5, 0.6) is 11.5 Å². The number of fused-ring (bicyclic) bond motifs is 1. The summed E-state index contributed by atoms with van der Waals surface area (Å²) in [4.78, 5) is 4.35. The molecule has 23 heavy (non-hydrogen) atoms. The van der Waals surface area contributed by atoms with Crippen LogP contribution in [0.4, 0.5) is 5.69 Å². The van der Waals surface area contributed by atoms with Crippen LogP contribution in [0.15, 0.2) is 53.5 Å². The molecule has 2 aromatic carbocycles. The van der Waals surface area contributed by atoms with Crippen molar-refractivity contribution < 1.29 is 9.47 Å². The Morgan fingerprint density at radius 3 is 2.70 bits per heavy atom. The fourth-order valence-electron chi connectivity index (χ4n) is 2.42. The fourth-order valence-corrected chi connectivity index (χ4v) is 2.42. The van der Waals surface area contributed by atoms with Crippen LogP contribution in [0.1, 0.15) is 5.56 Å². The van der Waals surface area contributed by atoms with E-state index in [1.165, 1.54) is 5.56 Å². The van der Waals surface area contributed by atoms with E-state index in [1.807, 2.05) is 42.5 Å². The number of halogens is 1. The Morgan fingerprint density at radius 1 is 1.26 bits per heavy atom. The van der Waals surface area contributed by atoms with Gasteiger partial charge in [0.25, 0.3) is 0 Å². The number of anilines is 1. The van der Waals surface area contributed by atoms with Crippen LogP contribution in [0, 0.1) is 0 Å². The smallest absolute Gasteiger partial charge is 0.193 e. The predicted octanol–water partition coefficient (Wildman–Crippen LogP) is 3.04. The first-order valence-electron chi connectivity index (χ1n) is 7.20. The zero-order chi connectivity index (χ0) is 15.4. The molecule has 1 aliphatic rings. The van der Waals surface area contributed by atoms with Gasteiger partial charge in [0.05, 0.1) is 13.7 Å². The molecule has 1 atom stereocenters. The number of benzene rings is 2. The molecule has 0 saturated carbocycles. The molecular weight excluding hydrogens is 405 g/mol. The molecule has 0 radical (unpaired) electrons. The van der Waals surface area contributed by atoms with E-state index in [0.29, 0.717) is 12.5 Å². The monoisotopic (exact) mass is 425 g/mol. The van der Waals surface area contributed by atoms with E-state index in [9.17, 15) is 0 Å². The summed E-state index contributed by atoms with van der Waals surface area (Å²) in [6.07, 6.45) is 0.920. The predicted molar refractivity (Wildman–Crippen MR) is 103 cm³/mol. The molecule has 122 valence electrons. The van der Waals surface area contributed by atoms with Gasteiger partial charge in [0.2, 0.25) is 0 Å². The van der Waals surface area contributed by atoms with E-state index in [-0.39, 0.29) is 30.1 Å². The third kappa shape index (κ3) is 4.51. The number of nitrogens with two attached hydrogens (primary N) is 1. The second-order valence-corrected chi connectivity index (χ2v) is 5.13. The Kier molecular flexibility index (Phi) is 6.09. The summed E-state index contributed by atoms with van der Waals surface area (Å²) in [5.74, 6) is 2.13. The lowest BCUT2D eigenvalue weighted by Crippen LogP contribution is -2.26. The van der Waals surface area contributed by atoms with E-state index in [4.69, 9.17) is 15.2 Å². The lowest BCUT2D eigenvalue weighted by atomic mass is 10.1. The van der Waals surface area contributed by atoms with Crippen molar-refractivity contribution in [1.29, 1.82) is 0 Å². The van der Waals surface area contributed by atoms with E-state index >= 15 is 0 Å². The summed E-state index contributed by atoms with van der Waals surface area (Å²) in [6.45, 7) is 0.531. The molecule has 0 bridgehead atoms. The van der Waals surface area contributed by atoms with Gasteiger partial charge in [0.15, 0.2) is 5.96 Å². The van der Waals surface area contributed by atoms with Gasteiger partial charge in [0.1, 0.15) is 17.6 Å². The van der Waals surface area contributed by atoms with Crippen LogP contribution in [-0.2, 0) is 6.42 Å². The summed E-state index contributed by atoms with van der Waals surface area (Å²) in [5, 5.41) is 3.05. The second-order valence-electron chi connectivity index (χ2n) is 5.13. The zero-order valence-electron chi connectivity index (χ0n) is 12.9. The third-order valence-electron chi connectivity index (χ3n) is 3.54. The van der Waals surface area contributed by atoms with Crippen LogP contribution >= 0.6 is 24.0 Å². The molecule has 0 fully saturated rings. The van der Waals surface area contributed by atoms with Gasteiger partial charge in [-0.05, 0) is 35.9 Å². The number of aliphatic imine (C=N–C) groups is 1. The van der Waals surface area contributed by atoms with Gasteiger partial charge in [-0.3, -0.25) is 0 Å². The quantitative estimate of drug-likeness (QED) is 0.449. The molecule has 3 N–H and O–H groups in total. The number of guanidine groups is 1. The Labute approximate surface area is 152 Å². The Morgan fingerprint density at radius 2 is 2.00 bits per heavy atom. The van der Waals surface area contributed by atoms with Crippen LogP contribution in [0.25, 0.3) is 0 Å². The molecule has 2 aromatic rings. The average Bonchev–Trinajstić information content (AvgIpc) is 2.96. The largest absolute Gasteiger partial charge is 0.497 e. The normalized spacial score (nSPS) is 16.0. The van der Waals surface area contributed by atoms with Crippen LogP contribution in [-0.4, -0.2) is 25.7 Å². The number of hydrogen-bond donors (Lipinski definition) is 2. The molecule has 5 nitrogen and oxygen atoms in total. The first-order chi connectivity index (χ1) is 10.7. The Balaban J connectivity index is 0.00000192. The number of nitrogens with zero attached hydrogens (tertiary/aromatic N) is 1. The number of rotatable bonds is 4. The van der Waals surface area contributed by atoms with Gasteiger partial charge in [-0.25, -0.2) is 4.99 Å². The average molecular weight is 425 g/mol. The minimum Gasteiger partial charge on any atom is -0.497 e. The van der Waals surface area contributed by atoms with Gasteiger partial charge >= 0.3 is 0 Å². The number of nitrogens with one attached hydrogen (secondary N) is 1. The lowest BCUT2D eigenvalue weighted by molar-refractivity contribution is 0.242. The number of ether oxygens (including phenoxy) is 2. The maximum Gasteiger partial charge on any atom is 0.193 e. The van der Waals surface area contributed by atoms with Gasteiger partial charge in [-0.1, -0.05) is 18.2 Å². The van der Waals surface area contributed by atoms with Crippen molar-refractivity contribution in [2.24, 2.45) is 10.7 Å². The Bertz CT molecular complexity index is 649. The highest BCUT2D eigenvalue weighted by atomic mass is 127. The summed E-state index contributed by atoms with van der Waals surface area (Å²) in [7, 11) is 1.64.